The third kappa shape index (κ3) is 4.18. The SMILES string of the molecule is C[C@@H]1CCCN(Cc2csc(NC(=O)C3=NN(C)C(=O)CC3)n2)C1. The number of nitrogens with one attached hydrogen (secondary N) is 1. The molecule has 0 aliphatic carbocycles. The van der Waals surface area contributed by atoms with Crippen LogP contribution in [0.3, 0.4) is 0 Å². The van der Waals surface area contributed by atoms with Crippen molar-refractivity contribution in [2.45, 2.75) is 39.2 Å². The van der Waals surface area contributed by atoms with Crippen LogP contribution in [-0.4, -0.2) is 52.6 Å². The first-order valence-electron chi connectivity index (χ1n) is 8.33. The number of carbonyl (C=O) groups is 2. The molecule has 1 aromatic heterocycles. The van der Waals surface area contributed by atoms with Crippen molar-refractivity contribution in [3.8, 4) is 0 Å². The summed E-state index contributed by atoms with van der Waals surface area (Å²) in [7, 11) is 1.57. The molecule has 1 aromatic rings. The van der Waals surface area contributed by atoms with Gasteiger partial charge in [0.15, 0.2) is 5.13 Å². The van der Waals surface area contributed by atoms with Crippen LogP contribution >= 0.6 is 11.3 Å². The van der Waals surface area contributed by atoms with Gasteiger partial charge in [0.1, 0.15) is 5.71 Å². The average molecular weight is 349 g/mol. The Bertz CT molecular complexity index is 657. The molecule has 0 bridgehead atoms. The summed E-state index contributed by atoms with van der Waals surface area (Å²) in [4.78, 5) is 30.6. The van der Waals surface area contributed by atoms with Crippen molar-refractivity contribution in [1.29, 1.82) is 0 Å². The maximum absolute atomic E-state index is 12.2. The molecule has 24 heavy (non-hydrogen) atoms. The van der Waals surface area contributed by atoms with Gasteiger partial charge in [0.25, 0.3) is 5.91 Å². The van der Waals surface area contributed by atoms with E-state index in [1.54, 1.807) is 7.05 Å². The van der Waals surface area contributed by atoms with Crippen molar-refractivity contribution in [3.05, 3.63) is 11.1 Å². The summed E-state index contributed by atoms with van der Waals surface area (Å²) in [6, 6.07) is 0. The number of hydrogen-bond acceptors (Lipinski definition) is 6. The van der Waals surface area contributed by atoms with Crippen LogP contribution in [0.1, 0.15) is 38.3 Å². The molecule has 0 saturated carbocycles. The summed E-state index contributed by atoms with van der Waals surface area (Å²) in [6.45, 7) is 5.33. The zero-order valence-electron chi connectivity index (χ0n) is 14.1. The third-order valence-electron chi connectivity index (χ3n) is 4.37. The van der Waals surface area contributed by atoms with Gasteiger partial charge in [0.2, 0.25) is 5.91 Å². The fraction of sp³-hybridized carbons (Fsp3) is 0.625. The lowest BCUT2D eigenvalue weighted by Crippen LogP contribution is -2.34. The van der Waals surface area contributed by atoms with Gasteiger partial charge in [-0.2, -0.15) is 5.10 Å². The molecule has 1 saturated heterocycles. The molecule has 2 amide bonds. The molecule has 0 radical (unpaired) electrons. The van der Waals surface area contributed by atoms with Crippen molar-refractivity contribution >= 4 is 34.0 Å². The van der Waals surface area contributed by atoms with E-state index in [9.17, 15) is 9.59 Å². The number of hydrazone groups is 1. The van der Waals surface area contributed by atoms with E-state index in [0.29, 0.717) is 23.7 Å². The summed E-state index contributed by atoms with van der Waals surface area (Å²) in [6.07, 6.45) is 3.23. The molecule has 3 rings (SSSR count). The molecule has 7 nitrogen and oxygen atoms in total. The Morgan fingerprint density at radius 2 is 2.29 bits per heavy atom. The van der Waals surface area contributed by atoms with Gasteiger partial charge in [0.05, 0.1) is 5.69 Å². The van der Waals surface area contributed by atoms with Crippen LogP contribution in [0.4, 0.5) is 5.13 Å². The number of carbonyl (C=O) groups excluding carboxylic acids is 2. The molecule has 0 unspecified atom stereocenters. The third-order valence-corrected chi connectivity index (χ3v) is 5.17. The number of anilines is 1. The Labute approximate surface area is 145 Å². The van der Waals surface area contributed by atoms with E-state index in [2.05, 4.69) is 27.2 Å². The number of hydrogen-bond donors (Lipinski definition) is 1. The maximum atomic E-state index is 12.2. The Kier molecular flexibility index (Phi) is 5.25. The summed E-state index contributed by atoms with van der Waals surface area (Å²) in [5.74, 6) is 0.390. The van der Waals surface area contributed by atoms with E-state index in [0.717, 1.165) is 31.2 Å². The van der Waals surface area contributed by atoms with Gasteiger partial charge < -0.3 is 0 Å². The second-order valence-electron chi connectivity index (χ2n) is 6.54. The van der Waals surface area contributed by atoms with E-state index in [4.69, 9.17) is 0 Å². The molecule has 0 spiro atoms. The van der Waals surface area contributed by atoms with E-state index < -0.39 is 0 Å². The molecular weight excluding hydrogens is 326 g/mol. The maximum Gasteiger partial charge on any atom is 0.273 e. The van der Waals surface area contributed by atoms with Crippen LogP contribution in [0.25, 0.3) is 0 Å². The molecule has 0 aromatic carbocycles. The summed E-state index contributed by atoms with van der Waals surface area (Å²) in [5.41, 5.74) is 1.36. The number of nitrogens with zero attached hydrogens (tertiary/aromatic N) is 4. The standard InChI is InChI=1S/C16H23N5O2S/c1-11-4-3-7-21(8-11)9-12-10-24-16(17-12)18-15(23)13-5-6-14(22)20(2)19-13/h10-11H,3-9H2,1-2H3,(H,17,18,23)/t11-/m1/s1. The van der Waals surface area contributed by atoms with Crippen LogP contribution in [-0.2, 0) is 16.1 Å². The summed E-state index contributed by atoms with van der Waals surface area (Å²) in [5, 5.41) is 10.6. The largest absolute Gasteiger partial charge is 0.297 e. The van der Waals surface area contributed by atoms with Crippen molar-refractivity contribution in [3.63, 3.8) is 0 Å². The highest BCUT2D eigenvalue weighted by molar-refractivity contribution is 7.14. The highest BCUT2D eigenvalue weighted by Crippen LogP contribution is 2.21. The quantitative estimate of drug-likeness (QED) is 0.901. The minimum absolute atomic E-state index is 0.0705. The first-order valence-corrected chi connectivity index (χ1v) is 9.21. The molecule has 2 aliphatic rings. The Balaban J connectivity index is 1.57. The summed E-state index contributed by atoms with van der Waals surface area (Å²) < 4.78 is 0. The molecule has 130 valence electrons. The predicted molar refractivity (Wildman–Crippen MR) is 93.9 cm³/mol. The predicted octanol–water partition coefficient (Wildman–Crippen LogP) is 1.92. The molecular formula is C16H23N5O2S. The zero-order valence-corrected chi connectivity index (χ0v) is 14.9. The molecule has 1 atom stereocenters. The monoisotopic (exact) mass is 349 g/mol. The minimum atomic E-state index is -0.276. The van der Waals surface area contributed by atoms with Crippen LogP contribution in [0.2, 0.25) is 0 Å². The molecule has 1 N–H and O–H groups in total. The number of rotatable bonds is 4. The lowest BCUT2D eigenvalue weighted by atomic mass is 10.0. The van der Waals surface area contributed by atoms with Gasteiger partial charge in [-0.15, -0.1) is 11.3 Å². The molecule has 8 heteroatoms. The Morgan fingerprint density at radius 1 is 1.46 bits per heavy atom. The van der Waals surface area contributed by atoms with E-state index in [-0.39, 0.29) is 11.8 Å². The number of amides is 2. The van der Waals surface area contributed by atoms with Crippen molar-refractivity contribution in [2.75, 3.05) is 25.5 Å². The topological polar surface area (TPSA) is 77.9 Å². The van der Waals surface area contributed by atoms with E-state index >= 15 is 0 Å². The number of piperidine rings is 1. The highest BCUT2D eigenvalue weighted by atomic mass is 32.1. The molecule has 3 heterocycles. The fourth-order valence-corrected chi connectivity index (χ4v) is 3.80. The van der Waals surface area contributed by atoms with Crippen molar-refractivity contribution in [2.24, 2.45) is 11.0 Å². The lowest BCUT2D eigenvalue weighted by molar-refractivity contribution is -0.130. The van der Waals surface area contributed by atoms with Gasteiger partial charge in [-0.05, 0) is 25.3 Å². The molecule has 2 aliphatic heterocycles. The number of thiazole rings is 1. The number of likely N-dealkylation sites (tertiary alicyclic amines) is 1. The lowest BCUT2D eigenvalue weighted by Gasteiger charge is -2.30. The van der Waals surface area contributed by atoms with Crippen molar-refractivity contribution < 1.29 is 9.59 Å². The molecule has 1 fully saturated rings. The van der Waals surface area contributed by atoms with Crippen molar-refractivity contribution in [1.82, 2.24) is 14.9 Å². The second kappa shape index (κ2) is 7.40. The Morgan fingerprint density at radius 3 is 3.04 bits per heavy atom. The van der Waals surface area contributed by atoms with Gasteiger partial charge in [-0.3, -0.25) is 19.8 Å². The first-order chi connectivity index (χ1) is 11.5. The zero-order chi connectivity index (χ0) is 17.1. The van der Waals surface area contributed by atoms with Gasteiger partial charge >= 0.3 is 0 Å². The smallest absolute Gasteiger partial charge is 0.273 e. The van der Waals surface area contributed by atoms with Gasteiger partial charge in [0, 0.05) is 38.4 Å². The van der Waals surface area contributed by atoms with E-state index in [1.165, 1.54) is 29.2 Å². The normalized spacial score (nSPS) is 22.4. The first kappa shape index (κ1) is 17.0. The number of aromatic nitrogens is 1. The second-order valence-corrected chi connectivity index (χ2v) is 7.40. The minimum Gasteiger partial charge on any atom is -0.297 e. The van der Waals surface area contributed by atoms with Crippen LogP contribution in [0.15, 0.2) is 10.5 Å². The van der Waals surface area contributed by atoms with Gasteiger partial charge in [-0.1, -0.05) is 6.92 Å². The van der Waals surface area contributed by atoms with Gasteiger partial charge in [-0.25, -0.2) is 9.99 Å². The average Bonchev–Trinajstić information content (AvgIpc) is 2.97. The van der Waals surface area contributed by atoms with E-state index in [1.807, 2.05) is 5.38 Å². The van der Waals surface area contributed by atoms with Crippen LogP contribution < -0.4 is 5.32 Å². The summed E-state index contributed by atoms with van der Waals surface area (Å²) >= 11 is 1.43. The van der Waals surface area contributed by atoms with Crippen LogP contribution in [0, 0.1) is 5.92 Å². The van der Waals surface area contributed by atoms with Crippen LogP contribution in [0.5, 0.6) is 0 Å². The fourth-order valence-electron chi connectivity index (χ4n) is 3.10. The Hall–Kier alpha value is -1.80. The highest BCUT2D eigenvalue weighted by Gasteiger charge is 2.23.